The van der Waals surface area contributed by atoms with Gasteiger partial charge < -0.3 is 36.6 Å². The Morgan fingerprint density at radius 2 is 1.35 bits per heavy atom. The van der Waals surface area contributed by atoms with Gasteiger partial charge in [0.05, 0.1) is 4.90 Å². The van der Waals surface area contributed by atoms with E-state index in [-0.39, 0.29) is 67.5 Å². The molecule has 21 heteroatoms. The molecule has 1 fully saturated rings. The van der Waals surface area contributed by atoms with Crippen molar-refractivity contribution in [1.82, 2.24) is 31.5 Å². The van der Waals surface area contributed by atoms with Gasteiger partial charge >= 0.3 is 5.97 Å². The van der Waals surface area contributed by atoms with Gasteiger partial charge in [0.2, 0.25) is 29.5 Å². The van der Waals surface area contributed by atoms with Gasteiger partial charge in [-0.25, -0.2) is 8.42 Å². The summed E-state index contributed by atoms with van der Waals surface area (Å²) >= 11 is 0. The number of hydrogen-bond donors (Lipinski definition) is 7. The van der Waals surface area contributed by atoms with Crippen LogP contribution in [0.25, 0.3) is 10.8 Å². The summed E-state index contributed by atoms with van der Waals surface area (Å²) in [5.41, 5.74) is 0.655. The highest BCUT2D eigenvalue weighted by Crippen LogP contribution is 2.23. The Labute approximate surface area is 419 Å². The Bertz CT molecular complexity index is 2860. The SMILES string of the molecule is CCC[C@H](NC(=O)[C@H](Cc1ccc(CS(=O)(=O)O)cc1)NC(=O)c1cccc(S(C)(=O)=O)c1)C(=O)N1CCC[C@H]1C(=O)N[C@@H](Cc1cccc2ccccc12)C(=O)N[C@@H](CCCC(=O)O)C(=O)NC(C)(C)C. The lowest BCUT2D eigenvalue weighted by atomic mass is 9.97. The lowest BCUT2D eigenvalue weighted by Crippen LogP contribution is -2.59. The number of nitrogens with one attached hydrogen (secondary N) is 5. The van der Waals surface area contributed by atoms with E-state index in [2.05, 4.69) is 26.6 Å². The highest BCUT2D eigenvalue weighted by atomic mass is 32.2. The van der Waals surface area contributed by atoms with Gasteiger partial charge in [-0.3, -0.25) is 38.1 Å². The number of amides is 6. The van der Waals surface area contributed by atoms with Gasteiger partial charge in [0.15, 0.2) is 9.84 Å². The lowest BCUT2D eigenvalue weighted by Gasteiger charge is -2.31. The molecule has 0 spiro atoms. The third-order valence-electron chi connectivity index (χ3n) is 11.9. The van der Waals surface area contributed by atoms with E-state index in [1.165, 1.54) is 47.4 Å². The second kappa shape index (κ2) is 24.6. The molecule has 72 heavy (non-hydrogen) atoms. The zero-order valence-corrected chi connectivity index (χ0v) is 42.6. The number of carbonyl (C=O) groups excluding carboxylic acids is 6. The van der Waals surface area contributed by atoms with Crippen molar-refractivity contribution in [2.45, 2.75) is 132 Å². The molecule has 4 aromatic rings. The minimum Gasteiger partial charge on any atom is -0.481 e. The molecular formula is C51H64N6O13S2. The number of nitrogens with zero attached hydrogens (tertiary/aromatic N) is 1. The first-order chi connectivity index (χ1) is 33.8. The molecule has 7 N–H and O–H groups in total. The van der Waals surface area contributed by atoms with Crippen molar-refractivity contribution in [3.05, 3.63) is 113 Å². The number of carboxylic acids is 1. The molecule has 0 aromatic heterocycles. The molecule has 0 bridgehead atoms. The van der Waals surface area contributed by atoms with Crippen LogP contribution in [-0.2, 0) is 67.3 Å². The van der Waals surface area contributed by atoms with E-state index >= 15 is 0 Å². The van der Waals surface area contributed by atoms with Gasteiger partial charge in [-0.15, -0.1) is 0 Å². The van der Waals surface area contributed by atoms with Crippen LogP contribution in [0.1, 0.15) is 99.7 Å². The summed E-state index contributed by atoms with van der Waals surface area (Å²) in [6.07, 6.45) is 1.73. The number of aliphatic carboxylic acids is 1. The van der Waals surface area contributed by atoms with E-state index in [4.69, 9.17) is 0 Å². The van der Waals surface area contributed by atoms with Crippen LogP contribution >= 0.6 is 0 Å². The average molecular weight is 1030 g/mol. The van der Waals surface area contributed by atoms with E-state index in [0.29, 0.717) is 24.0 Å². The number of rotatable bonds is 23. The van der Waals surface area contributed by atoms with Crippen molar-refractivity contribution in [1.29, 1.82) is 0 Å². The first kappa shape index (κ1) is 56.2. The average Bonchev–Trinajstić information content (AvgIpc) is 3.80. The first-order valence-electron chi connectivity index (χ1n) is 23.7. The van der Waals surface area contributed by atoms with Crippen LogP contribution in [0, 0.1) is 0 Å². The molecule has 1 saturated heterocycles. The van der Waals surface area contributed by atoms with Crippen molar-refractivity contribution in [2.24, 2.45) is 0 Å². The fourth-order valence-corrected chi connectivity index (χ4v) is 9.76. The topological polar surface area (TPSA) is 292 Å². The fourth-order valence-electron chi connectivity index (χ4n) is 8.48. The van der Waals surface area contributed by atoms with Crippen LogP contribution in [0.2, 0.25) is 0 Å². The van der Waals surface area contributed by atoms with Crippen LogP contribution in [0.3, 0.4) is 0 Å². The molecule has 19 nitrogen and oxygen atoms in total. The number of benzene rings is 4. The number of sulfone groups is 1. The van der Waals surface area contributed by atoms with Crippen LogP contribution in [-0.4, -0.2) is 121 Å². The zero-order chi connectivity index (χ0) is 53.0. The summed E-state index contributed by atoms with van der Waals surface area (Å²) in [5, 5.41) is 24.9. The molecule has 388 valence electrons. The smallest absolute Gasteiger partial charge is 0.303 e. The van der Waals surface area contributed by atoms with Crippen molar-refractivity contribution in [2.75, 3.05) is 12.8 Å². The van der Waals surface area contributed by atoms with Crippen molar-refractivity contribution < 1.29 is 60.1 Å². The maximum absolute atomic E-state index is 14.6. The molecule has 6 amide bonds. The Hall–Kier alpha value is -6.71. The van der Waals surface area contributed by atoms with Gasteiger partial charge in [-0.05, 0) is 98.5 Å². The number of fused-ring (bicyclic) bond motifs is 1. The predicted molar refractivity (Wildman–Crippen MR) is 269 cm³/mol. The molecule has 1 heterocycles. The standard InChI is InChI=1S/C51H64N6O13S2/c1-6-13-40(53-46(61)41(28-32-23-25-33(26-24-32)31-72(68,69)70)54-45(60)36-17-10-18-37(29-36)71(5,66)67)50(65)57-27-12-21-43(57)49(64)55-42(30-35-16-9-15-34-14-7-8-19-38(34)35)47(62)52-39(20-11-22-44(58)59)48(63)56-51(2,3)4/h7-10,14-19,23-26,29,39-43H,6,11-13,20-22,27-28,30-31H2,1-5H3,(H,52,62)(H,53,61)(H,54,60)(H,55,64)(H,56,63)(H,58,59)(H,68,69,70)/t39-,40-,41-,42-,43-/m0/s1. The molecule has 5 rings (SSSR count). The summed E-state index contributed by atoms with van der Waals surface area (Å²) in [7, 11) is -8.06. The molecule has 5 atom stereocenters. The van der Waals surface area contributed by atoms with Crippen LogP contribution in [0.4, 0.5) is 0 Å². The van der Waals surface area contributed by atoms with Gasteiger partial charge in [0.25, 0.3) is 16.0 Å². The quantitative estimate of drug-likeness (QED) is 0.0523. The van der Waals surface area contributed by atoms with Crippen molar-refractivity contribution >= 4 is 72.1 Å². The predicted octanol–water partition coefficient (Wildman–Crippen LogP) is 3.63. The summed E-state index contributed by atoms with van der Waals surface area (Å²) in [5.74, 6) is -5.84. The third-order valence-corrected chi connectivity index (χ3v) is 13.7. The summed E-state index contributed by atoms with van der Waals surface area (Å²) in [6.45, 7) is 7.19. The summed E-state index contributed by atoms with van der Waals surface area (Å²) < 4.78 is 56.9. The molecule has 0 radical (unpaired) electrons. The number of hydrogen-bond acceptors (Lipinski definition) is 11. The number of carboxylic acid groups (broad SMARTS) is 1. The molecule has 0 saturated carbocycles. The van der Waals surface area contributed by atoms with Gasteiger partial charge in [0.1, 0.15) is 36.0 Å². The van der Waals surface area contributed by atoms with Crippen LogP contribution < -0.4 is 26.6 Å². The summed E-state index contributed by atoms with van der Waals surface area (Å²) in [6, 6.07) is 18.0. The highest BCUT2D eigenvalue weighted by molar-refractivity contribution is 7.90. The number of likely N-dealkylation sites (tertiary alicyclic amines) is 1. The van der Waals surface area contributed by atoms with E-state index < -0.39 is 103 Å². The van der Waals surface area contributed by atoms with Crippen LogP contribution in [0.15, 0.2) is 95.9 Å². The van der Waals surface area contributed by atoms with Crippen LogP contribution in [0.5, 0.6) is 0 Å². The number of carbonyl (C=O) groups is 7. The van der Waals surface area contributed by atoms with E-state index in [1.807, 2.05) is 42.5 Å². The van der Waals surface area contributed by atoms with E-state index in [1.54, 1.807) is 27.7 Å². The van der Waals surface area contributed by atoms with Crippen molar-refractivity contribution in [3.63, 3.8) is 0 Å². The molecule has 4 aromatic carbocycles. The Kier molecular flexibility index (Phi) is 19.2. The maximum atomic E-state index is 14.6. The summed E-state index contributed by atoms with van der Waals surface area (Å²) in [4.78, 5) is 97.6. The monoisotopic (exact) mass is 1030 g/mol. The molecular weight excluding hydrogens is 969 g/mol. The molecule has 0 aliphatic carbocycles. The third kappa shape index (κ3) is 16.7. The largest absolute Gasteiger partial charge is 0.481 e. The molecule has 0 unspecified atom stereocenters. The lowest BCUT2D eigenvalue weighted by molar-refractivity contribution is -0.142. The fraction of sp³-hybridized carbons (Fsp3) is 0.431. The first-order valence-corrected chi connectivity index (χ1v) is 27.2. The van der Waals surface area contributed by atoms with Gasteiger partial charge in [-0.2, -0.15) is 8.42 Å². The molecule has 1 aliphatic rings. The van der Waals surface area contributed by atoms with E-state index in [0.717, 1.165) is 23.1 Å². The minimum atomic E-state index is -4.35. The highest BCUT2D eigenvalue weighted by Gasteiger charge is 2.40. The second-order valence-corrected chi connectivity index (χ2v) is 22.6. The van der Waals surface area contributed by atoms with Gasteiger partial charge in [-0.1, -0.05) is 86.1 Å². The second-order valence-electron chi connectivity index (χ2n) is 19.1. The van der Waals surface area contributed by atoms with E-state index in [9.17, 15) is 60.1 Å². The normalized spacial score (nSPS) is 15.6. The Balaban J connectivity index is 1.41. The van der Waals surface area contributed by atoms with Crippen molar-refractivity contribution in [3.8, 4) is 0 Å². The maximum Gasteiger partial charge on any atom is 0.303 e. The molecule has 1 aliphatic heterocycles. The zero-order valence-electron chi connectivity index (χ0n) is 41.0. The van der Waals surface area contributed by atoms with Gasteiger partial charge in [0, 0.05) is 43.2 Å². The Morgan fingerprint density at radius 3 is 1.99 bits per heavy atom. The Morgan fingerprint density at radius 1 is 0.722 bits per heavy atom. The minimum absolute atomic E-state index is 0.00539.